The monoisotopic (exact) mass is 511 g/mol. The first kappa shape index (κ1) is 25.8. The van der Waals surface area contributed by atoms with Gasteiger partial charge in [0.2, 0.25) is 0 Å². The maximum absolute atomic E-state index is 13.2. The van der Waals surface area contributed by atoms with E-state index >= 15 is 0 Å². The normalized spacial score (nSPS) is 17.5. The summed E-state index contributed by atoms with van der Waals surface area (Å²) in [5.41, 5.74) is -0.274. The van der Waals surface area contributed by atoms with Crippen LogP contribution >= 0.6 is 0 Å². The Labute approximate surface area is 211 Å². The van der Waals surface area contributed by atoms with Crippen molar-refractivity contribution in [1.82, 2.24) is 4.90 Å². The Morgan fingerprint density at radius 2 is 1.65 bits per heavy atom. The standard InChI is InChI=1S/C28H24F3NO5/c1-16(2)37-22-12-8-19(9-13-22)25(34)23-24(18-6-10-21(33)11-7-18)32(27(36)26(23)35)15-17-4-3-5-20(14-17)28(29,30)31/h3-14,16,24,33-34H,15H2,1-2H3/b25-23+. The van der Waals surface area contributed by atoms with Crippen molar-refractivity contribution in [3.05, 3.63) is 101 Å². The van der Waals surface area contributed by atoms with Gasteiger partial charge in [0, 0.05) is 12.1 Å². The number of ketones is 1. The van der Waals surface area contributed by atoms with Gasteiger partial charge >= 0.3 is 6.18 Å². The Kier molecular flexibility index (Phi) is 6.98. The van der Waals surface area contributed by atoms with Gasteiger partial charge in [-0.3, -0.25) is 9.59 Å². The third kappa shape index (κ3) is 5.45. The Hall–Kier alpha value is -4.27. The van der Waals surface area contributed by atoms with Crippen LogP contribution in [0.4, 0.5) is 13.2 Å². The lowest BCUT2D eigenvalue weighted by Gasteiger charge is -2.26. The number of aliphatic hydroxyl groups excluding tert-OH is 1. The van der Waals surface area contributed by atoms with Crippen LogP contribution in [-0.4, -0.2) is 32.9 Å². The van der Waals surface area contributed by atoms with E-state index in [4.69, 9.17) is 4.74 Å². The van der Waals surface area contributed by atoms with Crippen molar-refractivity contribution in [2.45, 2.75) is 38.7 Å². The summed E-state index contributed by atoms with van der Waals surface area (Å²) in [5, 5.41) is 20.9. The number of phenolic OH excluding ortho intramolecular Hbond substituents is 1. The number of Topliss-reactive ketones (excluding diaryl/α,β-unsaturated/α-hetero) is 1. The van der Waals surface area contributed by atoms with Crippen LogP contribution < -0.4 is 4.74 Å². The number of carbonyl (C=O) groups is 2. The van der Waals surface area contributed by atoms with E-state index in [-0.39, 0.29) is 35.1 Å². The number of likely N-dealkylation sites (tertiary alicyclic amines) is 1. The minimum atomic E-state index is -4.58. The van der Waals surface area contributed by atoms with Crippen LogP contribution in [0.3, 0.4) is 0 Å². The minimum Gasteiger partial charge on any atom is -0.508 e. The maximum Gasteiger partial charge on any atom is 0.416 e. The number of aliphatic hydroxyl groups is 1. The van der Waals surface area contributed by atoms with Gasteiger partial charge in [-0.15, -0.1) is 0 Å². The molecule has 0 radical (unpaired) electrons. The summed E-state index contributed by atoms with van der Waals surface area (Å²) in [7, 11) is 0. The van der Waals surface area contributed by atoms with E-state index < -0.39 is 35.2 Å². The molecule has 3 aromatic rings. The molecule has 4 rings (SSSR count). The van der Waals surface area contributed by atoms with E-state index in [9.17, 15) is 33.0 Å². The summed E-state index contributed by atoms with van der Waals surface area (Å²) in [6, 6.07) is 15.4. The highest BCUT2D eigenvalue weighted by molar-refractivity contribution is 6.46. The van der Waals surface area contributed by atoms with Crippen LogP contribution in [0, 0.1) is 0 Å². The van der Waals surface area contributed by atoms with E-state index in [1.807, 2.05) is 13.8 Å². The number of nitrogens with zero attached hydrogens (tertiary/aromatic N) is 1. The molecule has 1 unspecified atom stereocenters. The fraction of sp³-hybridized carbons (Fsp3) is 0.214. The molecule has 1 amide bonds. The fourth-order valence-electron chi connectivity index (χ4n) is 4.21. The molecule has 0 spiro atoms. The van der Waals surface area contributed by atoms with Gasteiger partial charge in [-0.1, -0.05) is 24.3 Å². The average molecular weight is 511 g/mol. The van der Waals surface area contributed by atoms with Gasteiger partial charge in [0.15, 0.2) is 0 Å². The third-order valence-corrected chi connectivity index (χ3v) is 5.86. The van der Waals surface area contributed by atoms with E-state index in [1.165, 1.54) is 36.4 Å². The number of amides is 1. The van der Waals surface area contributed by atoms with Crippen molar-refractivity contribution < 1.29 is 37.7 Å². The molecule has 192 valence electrons. The number of phenols is 1. The summed E-state index contributed by atoms with van der Waals surface area (Å²) in [5.74, 6) is -1.87. The summed E-state index contributed by atoms with van der Waals surface area (Å²) >= 11 is 0. The number of rotatable bonds is 6. The topological polar surface area (TPSA) is 87.1 Å². The minimum absolute atomic E-state index is 0.0562. The Balaban J connectivity index is 1.79. The lowest BCUT2D eigenvalue weighted by atomic mass is 9.95. The van der Waals surface area contributed by atoms with Gasteiger partial charge in [0.1, 0.15) is 17.3 Å². The molecule has 2 N–H and O–H groups in total. The summed E-state index contributed by atoms with van der Waals surface area (Å²) < 4.78 is 45.3. The van der Waals surface area contributed by atoms with Crippen LogP contribution in [-0.2, 0) is 22.3 Å². The number of halogens is 3. The molecule has 6 nitrogen and oxygen atoms in total. The van der Waals surface area contributed by atoms with Gasteiger partial charge in [-0.05, 0) is 73.5 Å². The number of hydrogen-bond donors (Lipinski definition) is 2. The van der Waals surface area contributed by atoms with Crippen molar-refractivity contribution in [3.63, 3.8) is 0 Å². The number of alkyl halides is 3. The highest BCUT2D eigenvalue weighted by Gasteiger charge is 2.46. The Morgan fingerprint density at radius 3 is 2.24 bits per heavy atom. The SMILES string of the molecule is CC(C)Oc1ccc(/C(O)=C2\C(=O)C(=O)N(Cc3cccc(C(F)(F)F)c3)C2c2ccc(O)cc2)cc1. The zero-order valence-corrected chi connectivity index (χ0v) is 20.0. The van der Waals surface area contributed by atoms with Crippen molar-refractivity contribution in [2.75, 3.05) is 0 Å². The molecular weight excluding hydrogens is 487 g/mol. The molecule has 9 heteroatoms. The average Bonchev–Trinajstić information content (AvgIpc) is 3.09. The second-order valence-electron chi connectivity index (χ2n) is 8.91. The number of carbonyl (C=O) groups excluding carboxylic acids is 2. The fourth-order valence-corrected chi connectivity index (χ4v) is 4.21. The molecule has 37 heavy (non-hydrogen) atoms. The first-order valence-electron chi connectivity index (χ1n) is 11.5. The molecule has 0 saturated carbocycles. The van der Waals surface area contributed by atoms with Crippen molar-refractivity contribution in [2.24, 2.45) is 0 Å². The molecule has 1 saturated heterocycles. The quantitative estimate of drug-likeness (QED) is 0.247. The molecule has 0 aromatic heterocycles. The predicted molar refractivity (Wildman–Crippen MR) is 130 cm³/mol. The van der Waals surface area contributed by atoms with Crippen molar-refractivity contribution in [3.8, 4) is 11.5 Å². The molecule has 1 atom stereocenters. The summed E-state index contributed by atoms with van der Waals surface area (Å²) in [6.45, 7) is 3.41. The second kappa shape index (κ2) is 10.0. The van der Waals surface area contributed by atoms with E-state index in [1.54, 1.807) is 24.3 Å². The number of ether oxygens (including phenoxy) is 1. The zero-order chi connectivity index (χ0) is 26.9. The first-order valence-corrected chi connectivity index (χ1v) is 11.5. The van der Waals surface area contributed by atoms with E-state index in [2.05, 4.69) is 0 Å². The van der Waals surface area contributed by atoms with Crippen LogP contribution in [0.15, 0.2) is 78.4 Å². The summed E-state index contributed by atoms with van der Waals surface area (Å²) in [4.78, 5) is 27.4. The zero-order valence-electron chi connectivity index (χ0n) is 20.0. The molecule has 1 fully saturated rings. The molecule has 1 heterocycles. The van der Waals surface area contributed by atoms with Gasteiger partial charge in [-0.25, -0.2) is 0 Å². The molecule has 1 aliphatic rings. The summed E-state index contributed by atoms with van der Waals surface area (Å²) in [6.07, 6.45) is -4.65. The van der Waals surface area contributed by atoms with Gasteiger partial charge in [0.25, 0.3) is 11.7 Å². The van der Waals surface area contributed by atoms with Crippen molar-refractivity contribution in [1.29, 1.82) is 0 Å². The van der Waals surface area contributed by atoms with Crippen LogP contribution in [0.5, 0.6) is 11.5 Å². The highest BCUT2D eigenvalue weighted by Crippen LogP contribution is 2.41. The number of hydrogen-bond acceptors (Lipinski definition) is 5. The van der Waals surface area contributed by atoms with Crippen molar-refractivity contribution >= 4 is 17.4 Å². The van der Waals surface area contributed by atoms with E-state index in [0.717, 1.165) is 17.0 Å². The largest absolute Gasteiger partial charge is 0.508 e. The van der Waals surface area contributed by atoms with Gasteiger partial charge in [0.05, 0.1) is 23.3 Å². The predicted octanol–water partition coefficient (Wildman–Crippen LogP) is 5.82. The smallest absolute Gasteiger partial charge is 0.416 e. The van der Waals surface area contributed by atoms with E-state index in [0.29, 0.717) is 11.3 Å². The Morgan fingerprint density at radius 1 is 1.00 bits per heavy atom. The lowest BCUT2D eigenvalue weighted by molar-refractivity contribution is -0.140. The van der Waals surface area contributed by atoms with Gasteiger partial charge in [-0.2, -0.15) is 13.2 Å². The Bertz CT molecular complexity index is 1350. The second-order valence-corrected chi connectivity index (χ2v) is 8.91. The maximum atomic E-state index is 13.2. The molecule has 1 aliphatic heterocycles. The first-order chi connectivity index (χ1) is 17.5. The number of aromatic hydroxyl groups is 1. The van der Waals surface area contributed by atoms with Crippen LogP contribution in [0.1, 0.15) is 42.1 Å². The van der Waals surface area contributed by atoms with Crippen LogP contribution in [0.25, 0.3) is 5.76 Å². The van der Waals surface area contributed by atoms with Crippen LogP contribution in [0.2, 0.25) is 0 Å². The molecule has 0 bridgehead atoms. The molecule has 0 aliphatic carbocycles. The lowest BCUT2D eigenvalue weighted by Crippen LogP contribution is -2.29. The third-order valence-electron chi connectivity index (χ3n) is 5.86. The highest BCUT2D eigenvalue weighted by atomic mass is 19.4. The van der Waals surface area contributed by atoms with Gasteiger partial charge < -0.3 is 19.8 Å². The number of benzene rings is 3. The molecular formula is C28H24F3NO5. The molecule has 3 aromatic carbocycles.